The maximum Gasteiger partial charge on any atom is 0.254 e. The maximum absolute atomic E-state index is 12.4. The molecule has 2 aliphatic heterocycles. The van der Waals surface area contributed by atoms with Crippen molar-refractivity contribution in [1.29, 1.82) is 0 Å². The van der Waals surface area contributed by atoms with Crippen LogP contribution in [0.3, 0.4) is 0 Å². The third-order valence-corrected chi connectivity index (χ3v) is 5.93. The molecule has 2 aliphatic rings. The second-order valence-electron chi connectivity index (χ2n) is 7.97. The summed E-state index contributed by atoms with van der Waals surface area (Å²) < 4.78 is 5.43. The van der Waals surface area contributed by atoms with Crippen LogP contribution in [0.5, 0.6) is 0 Å². The molecule has 0 bridgehead atoms. The summed E-state index contributed by atoms with van der Waals surface area (Å²) in [4.78, 5) is 24.6. The first kappa shape index (κ1) is 18.0. The second kappa shape index (κ2) is 7.35. The molecule has 1 N–H and O–H groups in total. The van der Waals surface area contributed by atoms with Gasteiger partial charge in [0, 0.05) is 37.2 Å². The Hall–Kier alpha value is -2.34. The summed E-state index contributed by atoms with van der Waals surface area (Å²) in [5.74, 6) is 1.44. The molecule has 27 heavy (non-hydrogen) atoms. The van der Waals surface area contributed by atoms with Crippen LogP contribution in [0.1, 0.15) is 32.3 Å². The number of aromatic nitrogens is 2. The molecule has 4 rings (SSSR count). The van der Waals surface area contributed by atoms with E-state index in [0.717, 1.165) is 38.3 Å². The third kappa shape index (κ3) is 3.58. The van der Waals surface area contributed by atoms with E-state index in [4.69, 9.17) is 9.72 Å². The summed E-state index contributed by atoms with van der Waals surface area (Å²) in [5.41, 5.74) is 1.18. The largest absolute Gasteiger partial charge is 0.378 e. The predicted molar refractivity (Wildman–Crippen MR) is 108 cm³/mol. The van der Waals surface area contributed by atoms with E-state index < -0.39 is 0 Å². The average molecular weight is 368 g/mol. The molecule has 2 fully saturated rings. The van der Waals surface area contributed by atoms with Gasteiger partial charge in [0.2, 0.25) is 5.95 Å². The van der Waals surface area contributed by atoms with Crippen molar-refractivity contribution in [2.24, 2.45) is 0 Å². The van der Waals surface area contributed by atoms with Gasteiger partial charge < -0.3 is 14.5 Å². The minimum Gasteiger partial charge on any atom is -0.378 e. The van der Waals surface area contributed by atoms with Crippen molar-refractivity contribution in [2.75, 3.05) is 42.6 Å². The van der Waals surface area contributed by atoms with Gasteiger partial charge in [-0.05, 0) is 18.4 Å². The minimum absolute atomic E-state index is 0.0364. The molecule has 1 aromatic heterocycles. The van der Waals surface area contributed by atoms with Crippen LogP contribution in [-0.4, -0.2) is 48.9 Å². The molecule has 2 aromatic rings. The molecular formula is C21H28N4O2. The standard InChI is InChI=1S/C21H28N4O2/c1-21(2,16-7-4-3-5-8-16)17-9-6-10-25(17)20-22-18(15-19(26)23-20)24-11-13-27-14-12-24/h3-5,7-8,15,17H,6,9-14H2,1-2H3,(H,22,23,26)/t17-/m1/s1. The predicted octanol–water partition coefficient (Wildman–Crippen LogP) is 2.55. The number of nitrogens with zero attached hydrogens (tertiary/aromatic N) is 3. The van der Waals surface area contributed by atoms with E-state index in [9.17, 15) is 4.79 Å². The van der Waals surface area contributed by atoms with Crippen LogP contribution in [0.25, 0.3) is 0 Å². The van der Waals surface area contributed by atoms with Crippen LogP contribution in [0, 0.1) is 0 Å². The molecule has 3 heterocycles. The Kier molecular flexibility index (Phi) is 4.91. The van der Waals surface area contributed by atoms with Crippen LogP contribution >= 0.6 is 0 Å². The summed E-state index contributed by atoms with van der Waals surface area (Å²) in [6.45, 7) is 8.39. The quantitative estimate of drug-likeness (QED) is 0.899. The Labute approximate surface area is 160 Å². The van der Waals surface area contributed by atoms with Crippen molar-refractivity contribution in [2.45, 2.75) is 38.1 Å². The van der Waals surface area contributed by atoms with Crippen LogP contribution in [0.2, 0.25) is 0 Å². The fourth-order valence-electron chi connectivity index (χ4n) is 4.35. The zero-order chi connectivity index (χ0) is 18.9. The third-order valence-electron chi connectivity index (χ3n) is 5.93. The number of morpholine rings is 1. The SMILES string of the molecule is CC(C)(c1ccccc1)[C@H]1CCCN1c1nc(N2CCOCC2)cc(=O)[nH]1. The smallest absolute Gasteiger partial charge is 0.254 e. The van der Waals surface area contributed by atoms with Gasteiger partial charge in [0.1, 0.15) is 5.82 Å². The van der Waals surface area contributed by atoms with Crippen LogP contribution in [-0.2, 0) is 10.2 Å². The van der Waals surface area contributed by atoms with E-state index in [0.29, 0.717) is 25.2 Å². The summed E-state index contributed by atoms with van der Waals surface area (Å²) in [6, 6.07) is 12.5. The molecule has 0 radical (unpaired) electrons. The Balaban J connectivity index is 1.66. The zero-order valence-electron chi connectivity index (χ0n) is 16.1. The maximum atomic E-state index is 12.4. The normalized spacial score (nSPS) is 20.9. The first-order valence-electron chi connectivity index (χ1n) is 9.82. The number of hydrogen-bond acceptors (Lipinski definition) is 5. The van der Waals surface area contributed by atoms with Gasteiger partial charge in [-0.2, -0.15) is 4.98 Å². The van der Waals surface area contributed by atoms with E-state index in [1.165, 1.54) is 5.56 Å². The molecule has 0 spiro atoms. The van der Waals surface area contributed by atoms with E-state index in [1.807, 2.05) is 0 Å². The Morgan fingerprint density at radius 1 is 1.15 bits per heavy atom. The second-order valence-corrected chi connectivity index (χ2v) is 7.97. The van der Waals surface area contributed by atoms with Gasteiger partial charge in [0.25, 0.3) is 5.56 Å². The number of rotatable bonds is 4. The molecule has 6 heteroatoms. The molecule has 0 aliphatic carbocycles. The van der Waals surface area contributed by atoms with Crippen molar-refractivity contribution in [3.63, 3.8) is 0 Å². The molecule has 0 saturated carbocycles. The van der Waals surface area contributed by atoms with Crippen molar-refractivity contribution >= 4 is 11.8 Å². The van der Waals surface area contributed by atoms with E-state index in [2.05, 4.69) is 59.0 Å². The van der Waals surface area contributed by atoms with Crippen molar-refractivity contribution < 1.29 is 4.74 Å². The highest BCUT2D eigenvalue weighted by atomic mass is 16.5. The van der Waals surface area contributed by atoms with Crippen LogP contribution in [0.15, 0.2) is 41.2 Å². The van der Waals surface area contributed by atoms with Crippen molar-refractivity contribution in [1.82, 2.24) is 9.97 Å². The van der Waals surface area contributed by atoms with Gasteiger partial charge in [0.15, 0.2) is 0 Å². The molecule has 6 nitrogen and oxygen atoms in total. The average Bonchev–Trinajstić information content (AvgIpc) is 3.20. The minimum atomic E-state index is -0.0929. The molecule has 1 aromatic carbocycles. The van der Waals surface area contributed by atoms with Gasteiger partial charge in [-0.25, -0.2) is 0 Å². The van der Waals surface area contributed by atoms with Crippen LogP contribution < -0.4 is 15.4 Å². The number of nitrogens with one attached hydrogen (secondary N) is 1. The number of aromatic amines is 1. The highest BCUT2D eigenvalue weighted by Gasteiger charge is 2.39. The lowest BCUT2D eigenvalue weighted by Gasteiger charge is -2.39. The highest BCUT2D eigenvalue weighted by molar-refractivity contribution is 5.46. The lowest BCUT2D eigenvalue weighted by molar-refractivity contribution is 0.122. The number of ether oxygens (including phenoxy) is 1. The number of hydrogen-bond donors (Lipinski definition) is 1. The molecule has 144 valence electrons. The van der Waals surface area contributed by atoms with E-state index in [-0.39, 0.29) is 11.0 Å². The van der Waals surface area contributed by atoms with Gasteiger partial charge in [-0.3, -0.25) is 9.78 Å². The first-order chi connectivity index (χ1) is 13.1. The zero-order valence-corrected chi connectivity index (χ0v) is 16.1. The number of H-pyrrole nitrogens is 1. The summed E-state index contributed by atoms with van der Waals surface area (Å²) in [6.07, 6.45) is 2.19. The van der Waals surface area contributed by atoms with Gasteiger partial charge in [-0.15, -0.1) is 0 Å². The Morgan fingerprint density at radius 3 is 2.63 bits per heavy atom. The number of benzene rings is 1. The molecule has 0 unspecified atom stereocenters. The topological polar surface area (TPSA) is 61.5 Å². The number of anilines is 2. The summed E-state index contributed by atoms with van der Waals surface area (Å²) >= 11 is 0. The fourth-order valence-corrected chi connectivity index (χ4v) is 4.35. The Bertz CT molecular complexity index is 828. The van der Waals surface area contributed by atoms with Gasteiger partial charge >= 0.3 is 0 Å². The lowest BCUT2D eigenvalue weighted by atomic mass is 9.76. The van der Waals surface area contributed by atoms with Crippen molar-refractivity contribution in [3.8, 4) is 0 Å². The molecule has 0 amide bonds. The van der Waals surface area contributed by atoms with E-state index in [1.54, 1.807) is 6.07 Å². The fraction of sp³-hybridized carbons (Fsp3) is 0.524. The first-order valence-corrected chi connectivity index (χ1v) is 9.82. The highest BCUT2D eigenvalue weighted by Crippen LogP contribution is 2.37. The van der Waals surface area contributed by atoms with Gasteiger partial charge in [-0.1, -0.05) is 44.2 Å². The molecule has 2 saturated heterocycles. The summed E-state index contributed by atoms with van der Waals surface area (Å²) in [5, 5.41) is 0. The summed E-state index contributed by atoms with van der Waals surface area (Å²) in [7, 11) is 0. The van der Waals surface area contributed by atoms with E-state index >= 15 is 0 Å². The van der Waals surface area contributed by atoms with Crippen LogP contribution in [0.4, 0.5) is 11.8 Å². The van der Waals surface area contributed by atoms with Gasteiger partial charge in [0.05, 0.1) is 13.2 Å². The lowest BCUT2D eigenvalue weighted by Crippen LogP contribution is -2.45. The Morgan fingerprint density at radius 2 is 1.89 bits per heavy atom. The monoisotopic (exact) mass is 368 g/mol. The van der Waals surface area contributed by atoms with Crippen molar-refractivity contribution in [3.05, 3.63) is 52.3 Å². The molecular weight excluding hydrogens is 340 g/mol. The molecule has 1 atom stereocenters.